The van der Waals surface area contributed by atoms with Gasteiger partial charge in [-0.1, -0.05) is 23.7 Å². The molecule has 130 valence electrons. The Labute approximate surface area is 146 Å². The van der Waals surface area contributed by atoms with E-state index in [9.17, 15) is 5.11 Å². The number of rotatable bonds is 7. The van der Waals surface area contributed by atoms with Crippen molar-refractivity contribution in [2.24, 2.45) is 0 Å². The summed E-state index contributed by atoms with van der Waals surface area (Å²) >= 11 is 5.93. The van der Waals surface area contributed by atoms with Gasteiger partial charge in [-0.05, 0) is 17.7 Å². The van der Waals surface area contributed by atoms with Crippen LogP contribution in [-0.4, -0.2) is 65.7 Å². The molecule has 0 radical (unpaired) electrons. The van der Waals surface area contributed by atoms with Crippen molar-refractivity contribution in [3.63, 3.8) is 0 Å². The first-order valence-corrected chi connectivity index (χ1v) is 8.57. The van der Waals surface area contributed by atoms with Crippen molar-refractivity contribution >= 4 is 11.6 Å². The summed E-state index contributed by atoms with van der Waals surface area (Å²) in [6.07, 6.45) is 1.42. The van der Waals surface area contributed by atoms with Gasteiger partial charge in [0, 0.05) is 43.3 Å². The van der Waals surface area contributed by atoms with Gasteiger partial charge in [-0.2, -0.15) is 5.10 Å². The number of H-pyrrole nitrogens is 1. The molecular formula is C17H23ClN4O2. The summed E-state index contributed by atoms with van der Waals surface area (Å²) in [4.78, 5) is 2.23. The largest absolute Gasteiger partial charge is 0.390 e. The van der Waals surface area contributed by atoms with Gasteiger partial charge in [0.15, 0.2) is 0 Å². The van der Waals surface area contributed by atoms with Gasteiger partial charge in [-0.3, -0.25) is 10.00 Å². The third-order valence-corrected chi connectivity index (χ3v) is 4.37. The molecule has 1 saturated heterocycles. The van der Waals surface area contributed by atoms with Crippen LogP contribution in [0, 0.1) is 0 Å². The summed E-state index contributed by atoms with van der Waals surface area (Å²) in [5.41, 5.74) is 3.08. The Hall–Kier alpha value is -1.44. The molecule has 0 spiro atoms. The molecule has 0 bridgehead atoms. The Morgan fingerprint density at radius 2 is 2.04 bits per heavy atom. The average Bonchev–Trinajstić information content (AvgIpc) is 3.05. The number of hydrogen-bond acceptors (Lipinski definition) is 5. The molecule has 24 heavy (non-hydrogen) atoms. The first-order valence-electron chi connectivity index (χ1n) is 8.19. The van der Waals surface area contributed by atoms with Gasteiger partial charge in [0.25, 0.3) is 0 Å². The first kappa shape index (κ1) is 17.4. The fraction of sp³-hybridized carbons (Fsp3) is 0.471. The van der Waals surface area contributed by atoms with Crippen molar-refractivity contribution in [2.45, 2.75) is 12.6 Å². The van der Waals surface area contributed by atoms with Crippen molar-refractivity contribution in [2.75, 3.05) is 39.4 Å². The number of morpholine rings is 1. The maximum Gasteiger partial charge on any atom is 0.0791 e. The number of nitrogens with one attached hydrogen (secondary N) is 2. The quantitative estimate of drug-likeness (QED) is 0.706. The molecule has 1 fully saturated rings. The van der Waals surface area contributed by atoms with Crippen molar-refractivity contribution < 1.29 is 9.84 Å². The predicted octanol–water partition coefficient (Wildman–Crippen LogP) is 1.51. The zero-order chi connectivity index (χ0) is 16.8. The third-order valence-electron chi connectivity index (χ3n) is 4.12. The molecular weight excluding hydrogens is 328 g/mol. The smallest absolute Gasteiger partial charge is 0.0791 e. The lowest BCUT2D eigenvalue weighted by atomic mass is 10.1. The fourth-order valence-electron chi connectivity index (χ4n) is 2.83. The summed E-state index contributed by atoms with van der Waals surface area (Å²) in [7, 11) is 0. The van der Waals surface area contributed by atoms with Crippen molar-refractivity contribution in [1.82, 2.24) is 20.4 Å². The number of aromatic nitrogens is 2. The lowest BCUT2D eigenvalue weighted by Gasteiger charge is -2.28. The van der Waals surface area contributed by atoms with Gasteiger partial charge in [-0.25, -0.2) is 0 Å². The SMILES string of the molecule is O[C@H](CNCc1cn[nH]c1-c1ccc(Cl)cc1)CN1CCOCC1. The van der Waals surface area contributed by atoms with E-state index in [-0.39, 0.29) is 0 Å². The number of halogens is 1. The predicted molar refractivity (Wildman–Crippen MR) is 94.0 cm³/mol. The number of nitrogens with zero attached hydrogens (tertiary/aromatic N) is 2. The molecule has 0 unspecified atom stereocenters. The van der Waals surface area contributed by atoms with Crippen molar-refractivity contribution in [3.05, 3.63) is 41.0 Å². The van der Waals surface area contributed by atoms with E-state index in [0.29, 0.717) is 24.7 Å². The van der Waals surface area contributed by atoms with Crippen LogP contribution >= 0.6 is 11.6 Å². The number of aliphatic hydroxyl groups excluding tert-OH is 1. The van der Waals surface area contributed by atoms with Gasteiger partial charge in [0.1, 0.15) is 0 Å². The number of benzene rings is 1. The van der Waals surface area contributed by atoms with Gasteiger partial charge < -0.3 is 15.2 Å². The van der Waals surface area contributed by atoms with Crippen molar-refractivity contribution in [3.8, 4) is 11.3 Å². The van der Waals surface area contributed by atoms with Crippen LogP contribution in [0.4, 0.5) is 0 Å². The highest BCUT2D eigenvalue weighted by Crippen LogP contribution is 2.22. The topological polar surface area (TPSA) is 73.4 Å². The van der Waals surface area contributed by atoms with Gasteiger partial charge in [0.2, 0.25) is 0 Å². The Kier molecular flexibility index (Phi) is 6.23. The minimum Gasteiger partial charge on any atom is -0.390 e. The lowest BCUT2D eigenvalue weighted by molar-refractivity contribution is 0.0149. The van der Waals surface area contributed by atoms with Crippen LogP contribution in [0.15, 0.2) is 30.5 Å². The molecule has 7 heteroatoms. The summed E-state index contributed by atoms with van der Waals surface area (Å²) in [5, 5.41) is 21.3. The zero-order valence-electron chi connectivity index (χ0n) is 13.5. The summed E-state index contributed by atoms with van der Waals surface area (Å²) in [5.74, 6) is 0. The molecule has 0 amide bonds. The molecule has 0 aliphatic carbocycles. The molecule has 1 aromatic heterocycles. The monoisotopic (exact) mass is 350 g/mol. The normalized spacial score (nSPS) is 17.1. The number of ether oxygens (including phenoxy) is 1. The standard InChI is InChI=1S/C17H23ClN4O2/c18-15-3-1-13(2-4-15)17-14(10-20-21-17)9-19-11-16(23)12-22-5-7-24-8-6-22/h1-4,10,16,19,23H,5-9,11-12H2,(H,20,21)/t16-/m1/s1. The van der Waals surface area contributed by atoms with E-state index in [2.05, 4.69) is 20.4 Å². The molecule has 6 nitrogen and oxygen atoms in total. The second kappa shape index (κ2) is 8.60. The van der Waals surface area contributed by atoms with E-state index in [1.54, 1.807) is 0 Å². The molecule has 1 aromatic carbocycles. The highest BCUT2D eigenvalue weighted by molar-refractivity contribution is 6.30. The van der Waals surface area contributed by atoms with Gasteiger partial charge in [0.05, 0.1) is 31.2 Å². The second-order valence-electron chi connectivity index (χ2n) is 5.97. The van der Waals surface area contributed by atoms with Crippen LogP contribution < -0.4 is 5.32 Å². The number of hydrogen-bond donors (Lipinski definition) is 3. The van der Waals surface area contributed by atoms with E-state index in [1.807, 2.05) is 30.5 Å². The van der Waals surface area contributed by atoms with Gasteiger partial charge >= 0.3 is 0 Å². The maximum absolute atomic E-state index is 10.2. The van der Waals surface area contributed by atoms with E-state index >= 15 is 0 Å². The van der Waals surface area contributed by atoms with Crippen LogP contribution in [0.2, 0.25) is 5.02 Å². The molecule has 3 rings (SSSR count). The zero-order valence-corrected chi connectivity index (χ0v) is 14.3. The van der Waals surface area contributed by atoms with E-state index in [4.69, 9.17) is 16.3 Å². The highest BCUT2D eigenvalue weighted by atomic mass is 35.5. The molecule has 2 heterocycles. The molecule has 2 aromatic rings. The number of β-amino-alcohol motifs (C(OH)–C–C–N with tert-alkyl or cyclic N) is 1. The van der Waals surface area contributed by atoms with Crippen LogP contribution in [0.5, 0.6) is 0 Å². The average molecular weight is 351 g/mol. The minimum absolute atomic E-state index is 0.394. The Morgan fingerprint density at radius 1 is 1.29 bits per heavy atom. The number of aromatic amines is 1. The van der Waals surface area contributed by atoms with E-state index in [1.165, 1.54) is 0 Å². The minimum atomic E-state index is -0.394. The fourth-order valence-corrected chi connectivity index (χ4v) is 2.96. The summed E-state index contributed by atoms with van der Waals surface area (Å²) in [6, 6.07) is 7.65. The van der Waals surface area contributed by atoms with Crippen molar-refractivity contribution in [1.29, 1.82) is 0 Å². The van der Waals surface area contributed by atoms with Crippen LogP contribution in [0.25, 0.3) is 11.3 Å². The first-order chi connectivity index (χ1) is 11.7. The molecule has 3 N–H and O–H groups in total. The molecule has 1 aliphatic rings. The van der Waals surface area contributed by atoms with Crippen LogP contribution in [-0.2, 0) is 11.3 Å². The Bertz CT molecular complexity index is 626. The Morgan fingerprint density at radius 3 is 2.79 bits per heavy atom. The van der Waals surface area contributed by atoms with Crippen LogP contribution in [0.1, 0.15) is 5.56 Å². The van der Waals surface area contributed by atoms with E-state index in [0.717, 1.165) is 43.1 Å². The van der Waals surface area contributed by atoms with E-state index < -0.39 is 6.10 Å². The van der Waals surface area contributed by atoms with Crippen LogP contribution in [0.3, 0.4) is 0 Å². The molecule has 0 saturated carbocycles. The summed E-state index contributed by atoms with van der Waals surface area (Å²) < 4.78 is 5.32. The Balaban J connectivity index is 1.48. The van der Waals surface area contributed by atoms with Gasteiger partial charge in [-0.15, -0.1) is 0 Å². The lowest BCUT2D eigenvalue weighted by Crippen LogP contribution is -2.43. The highest BCUT2D eigenvalue weighted by Gasteiger charge is 2.15. The third kappa shape index (κ3) is 4.78. The maximum atomic E-state index is 10.2. The number of aliphatic hydroxyl groups is 1. The second-order valence-corrected chi connectivity index (χ2v) is 6.41. The molecule has 1 atom stereocenters. The molecule has 1 aliphatic heterocycles. The summed E-state index contributed by atoms with van der Waals surface area (Å²) in [6.45, 7) is 5.14.